The molecule has 4 heteroatoms. The molecule has 1 aromatic heterocycles. The van der Waals surface area contributed by atoms with Gasteiger partial charge in [0.2, 0.25) is 0 Å². The van der Waals surface area contributed by atoms with Crippen LogP contribution in [0.2, 0.25) is 0 Å². The first-order valence-electron chi connectivity index (χ1n) is 8.94. The fourth-order valence-electron chi connectivity index (χ4n) is 2.92. The number of aromatic nitrogens is 1. The van der Waals surface area contributed by atoms with Crippen molar-refractivity contribution in [3.05, 3.63) is 96.9 Å². The lowest BCUT2D eigenvalue weighted by Gasteiger charge is -2.08. The molecule has 4 aromatic rings. The van der Waals surface area contributed by atoms with Crippen LogP contribution in [0.3, 0.4) is 0 Å². The van der Waals surface area contributed by atoms with Gasteiger partial charge < -0.3 is 9.15 Å². The molecular formula is C23H20N2O2. The van der Waals surface area contributed by atoms with Crippen molar-refractivity contribution in [2.45, 2.75) is 6.92 Å². The summed E-state index contributed by atoms with van der Waals surface area (Å²) < 4.78 is 13.4. The van der Waals surface area contributed by atoms with Crippen LogP contribution in [0.1, 0.15) is 6.92 Å². The molecule has 4 rings (SSSR count). The molecule has 4 nitrogen and oxygen atoms in total. The van der Waals surface area contributed by atoms with Crippen LogP contribution in [-0.4, -0.2) is 11.2 Å². The summed E-state index contributed by atoms with van der Waals surface area (Å²) in [5, 5.41) is 0. The number of hydrogen-bond donors (Lipinski definition) is 0. The summed E-state index contributed by atoms with van der Waals surface area (Å²) in [7, 11) is 0. The van der Waals surface area contributed by atoms with Crippen molar-refractivity contribution >= 4 is 5.69 Å². The van der Waals surface area contributed by atoms with E-state index in [1.54, 1.807) is 6.26 Å². The highest BCUT2D eigenvalue weighted by molar-refractivity contribution is 5.62. The molecule has 134 valence electrons. The molecule has 0 saturated heterocycles. The van der Waals surface area contributed by atoms with Crippen molar-refractivity contribution in [2.24, 2.45) is 4.99 Å². The second kappa shape index (κ2) is 7.79. The highest BCUT2D eigenvalue weighted by atomic mass is 16.5. The lowest BCUT2D eigenvalue weighted by atomic mass is 10.1. The molecular weight excluding hydrogens is 336 g/mol. The van der Waals surface area contributed by atoms with E-state index in [1.165, 1.54) is 0 Å². The quantitative estimate of drug-likeness (QED) is 0.482. The second-order valence-corrected chi connectivity index (χ2v) is 5.98. The van der Waals surface area contributed by atoms with E-state index < -0.39 is 0 Å². The first-order chi connectivity index (χ1) is 13.3. The van der Waals surface area contributed by atoms with Gasteiger partial charge in [-0.25, -0.2) is 0 Å². The van der Waals surface area contributed by atoms with Crippen LogP contribution >= 0.6 is 0 Å². The minimum Gasteiger partial charge on any atom is -0.494 e. The normalized spacial score (nSPS) is 11.5. The number of rotatable bonds is 5. The highest BCUT2D eigenvalue weighted by Gasteiger charge is 2.12. The molecule has 0 aliphatic heterocycles. The van der Waals surface area contributed by atoms with E-state index in [4.69, 9.17) is 9.15 Å². The first kappa shape index (κ1) is 16.9. The Balaban J connectivity index is 1.86. The van der Waals surface area contributed by atoms with Gasteiger partial charge in [0.05, 0.1) is 23.7 Å². The summed E-state index contributed by atoms with van der Waals surface area (Å²) in [5.74, 6) is 0.852. The minimum atomic E-state index is 0.524. The number of oxazole rings is 1. The Kier molecular flexibility index (Phi) is 4.88. The van der Waals surface area contributed by atoms with E-state index >= 15 is 0 Å². The largest absolute Gasteiger partial charge is 0.494 e. The topological polar surface area (TPSA) is 39.7 Å². The van der Waals surface area contributed by atoms with Crippen molar-refractivity contribution in [2.75, 3.05) is 6.61 Å². The highest BCUT2D eigenvalue weighted by Crippen LogP contribution is 2.24. The van der Waals surface area contributed by atoms with Crippen molar-refractivity contribution in [3.8, 4) is 22.7 Å². The van der Waals surface area contributed by atoms with Gasteiger partial charge in [-0.05, 0) is 55.5 Å². The lowest BCUT2D eigenvalue weighted by molar-refractivity contribution is 0.340. The zero-order chi connectivity index (χ0) is 18.5. The van der Waals surface area contributed by atoms with Gasteiger partial charge >= 0.3 is 5.68 Å². The van der Waals surface area contributed by atoms with E-state index in [-0.39, 0.29) is 0 Å². The van der Waals surface area contributed by atoms with Gasteiger partial charge in [0.25, 0.3) is 0 Å². The molecule has 0 atom stereocenters. The summed E-state index contributed by atoms with van der Waals surface area (Å²) in [5.41, 5.74) is 4.32. The summed E-state index contributed by atoms with van der Waals surface area (Å²) in [6.07, 6.45) is 1.74. The third kappa shape index (κ3) is 3.70. The molecule has 0 aliphatic carbocycles. The van der Waals surface area contributed by atoms with Crippen LogP contribution in [0, 0.1) is 0 Å². The maximum Gasteiger partial charge on any atom is 0.307 e. The number of hydrogen-bond acceptors (Lipinski definition) is 3. The van der Waals surface area contributed by atoms with Crippen LogP contribution < -0.4 is 10.4 Å². The average molecular weight is 356 g/mol. The number of para-hydroxylation sites is 2. The Hall–Kier alpha value is -3.53. The van der Waals surface area contributed by atoms with Gasteiger partial charge in [-0.2, -0.15) is 4.99 Å². The maximum absolute atomic E-state index is 5.85. The van der Waals surface area contributed by atoms with E-state index in [2.05, 4.69) is 4.99 Å². The Morgan fingerprint density at radius 2 is 1.52 bits per heavy atom. The standard InChI is InChI=1S/C23H20N2O2/c1-2-26-21-15-13-18(14-16-21)22-17-27-23(24-19-9-5-3-6-10-19)25(22)20-11-7-4-8-12-20/h3-17H,2H2,1H3. The Morgan fingerprint density at radius 1 is 0.852 bits per heavy atom. The van der Waals surface area contributed by atoms with Crippen LogP contribution in [0.4, 0.5) is 5.69 Å². The summed E-state index contributed by atoms with van der Waals surface area (Å²) in [4.78, 5) is 4.68. The smallest absolute Gasteiger partial charge is 0.307 e. The van der Waals surface area contributed by atoms with E-state index in [1.807, 2.05) is 96.4 Å². The first-order valence-corrected chi connectivity index (χ1v) is 8.94. The molecule has 0 bridgehead atoms. The fourth-order valence-corrected chi connectivity index (χ4v) is 2.92. The van der Waals surface area contributed by atoms with Crippen LogP contribution in [-0.2, 0) is 0 Å². The van der Waals surface area contributed by atoms with Crippen LogP contribution in [0.5, 0.6) is 5.75 Å². The molecule has 0 radical (unpaired) electrons. The van der Waals surface area contributed by atoms with E-state index in [0.29, 0.717) is 12.3 Å². The fraction of sp³-hybridized carbons (Fsp3) is 0.0870. The van der Waals surface area contributed by atoms with E-state index in [0.717, 1.165) is 28.4 Å². The number of nitrogens with zero attached hydrogens (tertiary/aromatic N) is 2. The molecule has 3 aromatic carbocycles. The van der Waals surface area contributed by atoms with Gasteiger partial charge in [0.15, 0.2) is 0 Å². The SMILES string of the molecule is CCOc1ccc(-c2coc(=Nc3ccccc3)n2-c2ccccc2)cc1. The molecule has 0 N–H and O–H groups in total. The monoisotopic (exact) mass is 356 g/mol. The van der Waals surface area contributed by atoms with Crippen molar-refractivity contribution in [1.82, 2.24) is 4.57 Å². The minimum absolute atomic E-state index is 0.524. The number of ether oxygens (including phenoxy) is 1. The third-order valence-corrected chi connectivity index (χ3v) is 4.16. The molecule has 1 heterocycles. The molecule has 0 fully saturated rings. The number of benzene rings is 3. The van der Waals surface area contributed by atoms with E-state index in [9.17, 15) is 0 Å². The molecule has 0 aliphatic rings. The summed E-state index contributed by atoms with van der Waals surface area (Å²) in [6, 6.07) is 27.9. The average Bonchev–Trinajstić information content (AvgIpc) is 3.14. The Morgan fingerprint density at radius 3 is 2.19 bits per heavy atom. The zero-order valence-corrected chi connectivity index (χ0v) is 15.1. The zero-order valence-electron chi connectivity index (χ0n) is 15.1. The van der Waals surface area contributed by atoms with Gasteiger partial charge in [-0.15, -0.1) is 0 Å². The third-order valence-electron chi connectivity index (χ3n) is 4.16. The molecule has 0 saturated carbocycles. The summed E-state index contributed by atoms with van der Waals surface area (Å²) >= 11 is 0. The van der Waals surface area contributed by atoms with Crippen molar-refractivity contribution in [3.63, 3.8) is 0 Å². The molecule has 0 unspecified atom stereocenters. The van der Waals surface area contributed by atoms with Crippen molar-refractivity contribution < 1.29 is 9.15 Å². The lowest BCUT2D eigenvalue weighted by Crippen LogP contribution is -2.15. The predicted octanol–water partition coefficient (Wildman–Crippen LogP) is 5.37. The molecule has 27 heavy (non-hydrogen) atoms. The second-order valence-electron chi connectivity index (χ2n) is 5.98. The predicted molar refractivity (Wildman–Crippen MR) is 106 cm³/mol. The van der Waals surface area contributed by atoms with Gasteiger partial charge in [-0.1, -0.05) is 36.4 Å². The Labute approximate surface area is 158 Å². The molecule has 0 spiro atoms. The van der Waals surface area contributed by atoms with Crippen molar-refractivity contribution in [1.29, 1.82) is 0 Å². The molecule has 0 amide bonds. The van der Waals surface area contributed by atoms with Gasteiger partial charge in [0, 0.05) is 5.56 Å². The Bertz CT molecular complexity index is 1060. The van der Waals surface area contributed by atoms with Gasteiger partial charge in [0.1, 0.15) is 12.0 Å². The maximum atomic E-state index is 5.85. The van der Waals surface area contributed by atoms with Crippen LogP contribution in [0.15, 0.2) is 101 Å². The van der Waals surface area contributed by atoms with Gasteiger partial charge in [-0.3, -0.25) is 4.57 Å². The van der Waals surface area contributed by atoms with Crippen LogP contribution in [0.25, 0.3) is 16.9 Å². The summed E-state index contributed by atoms with van der Waals surface area (Å²) in [6.45, 7) is 2.62.